The number of nitrogens with one attached hydrogen (secondary N) is 2. The van der Waals surface area contributed by atoms with E-state index in [0.29, 0.717) is 5.56 Å². The summed E-state index contributed by atoms with van der Waals surface area (Å²) < 4.78 is 29.5. The van der Waals surface area contributed by atoms with E-state index in [9.17, 15) is 13.7 Å². The normalized spacial score (nSPS) is 28.2. The molecular weight excluding hydrogens is 283 g/mol. The molecule has 2 heterocycles. The number of hydrogen-bond acceptors (Lipinski definition) is 5. The molecule has 1 fully saturated rings. The summed E-state index contributed by atoms with van der Waals surface area (Å²) in [6.45, 7) is 3.68. The maximum absolute atomic E-state index is 13.7. The number of amides is 1. The molecule has 1 unspecified atom stereocenters. The van der Waals surface area contributed by atoms with Gasteiger partial charge in [0.1, 0.15) is 5.69 Å². The van der Waals surface area contributed by atoms with Gasteiger partial charge in [0, 0.05) is 5.56 Å². The third-order valence-electron chi connectivity index (χ3n) is 3.33. The van der Waals surface area contributed by atoms with Crippen LogP contribution in [0.25, 0.3) is 5.57 Å². The highest BCUT2D eigenvalue weighted by atomic mass is 32.2. The molecule has 0 bridgehead atoms. The SMILES string of the molecule is C=C[C@H]1C[C@@H]1c1cc(C2=CN[S+]([O-])NC2=O)nnc1F. The minimum atomic E-state index is -1.64. The lowest BCUT2D eigenvalue weighted by Gasteiger charge is -2.16. The van der Waals surface area contributed by atoms with E-state index in [4.69, 9.17) is 0 Å². The fourth-order valence-corrected chi connectivity index (χ4v) is 2.71. The zero-order valence-corrected chi connectivity index (χ0v) is 11.1. The minimum absolute atomic E-state index is 0.0380. The molecule has 2 N–H and O–H groups in total. The largest absolute Gasteiger partial charge is 0.568 e. The molecule has 2 aliphatic rings. The van der Waals surface area contributed by atoms with Gasteiger partial charge in [0.2, 0.25) is 5.95 Å². The average Bonchev–Trinajstić information content (AvgIpc) is 3.19. The number of hydrogen-bond donors (Lipinski definition) is 2. The number of halogens is 1. The quantitative estimate of drug-likeness (QED) is 0.627. The van der Waals surface area contributed by atoms with Crippen molar-refractivity contribution in [3.63, 3.8) is 0 Å². The molecule has 1 aliphatic carbocycles. The number of aromatic nitrogens is 2. The van der Waals surface area contributed by atoms with Crippen molar-refractivity contribution in [2.75, 3.05) is 0 Å². The second-order valence-electron chi connectivity index (χ2n) is 4.59. The molecular formula is C12H11FN4O2S. The highest BCUT2D eigenvalue weighted by Crippen LogP contribution is 2.48. The molecule has 1 aromatic heterocycles. The summed E-state index contributed by atoms with van der Waals surface area (Å²) in [7, 11) is 0. The Bertz CT molecular complexity index is 621. The van der Waals surface area contributed by atoms with Gasteiger partial charge in [-0.3, -0.25) is 4.79 Å². The zero-order valence-electron chi connectivity index (χ0n) is 10.3. The van der Waals surface area contributed by atoms with Crippen molar-refractivity contribution in [3.8, 4) is 0 Å². The highest BCUT2D eigenvalue weighted by Gasteiger charge is 2.39. The molecule has 3 atom stereocenters. The Morgan fingerprint density at radius 2 is 2.35 bits per heavy atom. The second kappa shape index (κ2) is 4.88. The van der Waals surface area contributed by atoms with Crippen LogP contribution in [0.15, 0.2) is 24.9 Å². The lowest BCUT2D eigenvalue weighted by molar-refractivity contribution is -0.114. The van der Waals surface area contributed by atoms with Crippen molar-refractivity contribution in [2.24, 2.45) is 5.92 Å². The first kappa shape index (κ1) is 13.1. The third kappa shape index (κ3) is 2.27. The summed E-state index contributed by atoms with van der Waals surface area (Å²) in [5.74, 6) is -0.890. The van der Waals surface area contributed by atoms with Crippen LogP contribution in [-0.2, 0) is 16.3 Å². The summed E-state index contributed by atoms with van der Waals surface area (Å²) in [4.78, 5) is 11.7. The van der Waals surface area contributed by atoms with Gasteiger partial charge in [-0.05, 0) is 24.3 Å². The van der Waals surface area contributed by atoms with Crippen molar-refractivity contribution in [1.29, 1.82) is 0 Å². The lowest BCUT2D eigenvalue weighted by Crippen LogP contribution is -2.42. The van der Waals surface area contributed by atoms with Crippen molar-refractivity contribution in [1.82, 2.24) is 19.6 Å². The summed E-state index contributed by atoms with van der Waals surface area (Å²) in [6, 6.07) is 1.51. The fraction of sp³-hybridized carbons (Fsp3) is 0.250. The van der Waals surface area contributed by atoms with Crippen molar-refractivity contribution in [3.05, 3.63) is 42.1 Å². The Labute approximate surface area is 117 Å². The maximum Gasteiger partial charge on any atom is 0.297 e. The number of allylic oxidation sites excluding steroid dienone is 1. The smallest absolute Gasteiger partial charge is 0.297 e. The van der Waals surface area contributed by atoms with Crippen LogP contribution < -0.4 is 9.44 Å². The average molecular weight is 294 g/mol. The molecule has 0 aromatic carbocycles. The van der Waals surface area contributed by atoms with E-state index < -0.39 is 23.4 Å². The van der Waals surface area contributed by atoms with Crippen LogP contribution in [0.2, 0.25) is 0 Å². The molecule has 6 nitrogen and oxygen atoms in total. The van der Waals surface area contributed by atoms with Gasteiger partial charge in [-0.15, -0.1) is 21.5 Å². The van der Waals surface area contributed by atoms with Gasteiger partial charge in [0.25, 0.3) is 5.91 Å². The molecule has 1 amide bonds. The van der Waals surface area contributed by atoms with E-state index in [0.717, 1.165) is 6.42 Å². The summed E-state index contributed by atoms with van der Waals surface area (Å²) in [6.07, 6.45) is 3.89. The van der Waals surface area contributed by atoms with Crippen LogP contribution >= 0.6 is 0 Å². The molecule has 3 rings (SSSR count). The van der Waals surface area contributed by atoms with Gasteiger partial charge in [-0.2, -0.15) is 9.11 Å². The van der Waals surface area contributed by atoms with E-state index in [1.807, 2.05) is 0 Å². The Balaban J connectivity index is 1.93. The fourth-order valence-electron chi connectivity index (χ4n) is 2.15. The first-order valence-corrected chi connectivity index (χ1v) is 7.10. The van der Waals surface area contributed by atoms with E-state index in [1.54, 1.807) is 6.08 Å². The molecule has 1 saturated carbocycles. The highest BCUT2D eigenvalue weighted by molar-refractivity contribution is 7.88. The van der Waals surface area contributed by atoms with E-state index in [2.05, 4.69) is 26.2 Å². The van der Waals surface area contributed by atoms with Crippen molar-refractivity contribution < 1.29 is 13.7 Å². The molecule has 104 valence electrons. The topological polar surface area (TPSA) is 90.0 Å². The van der Waals surface area contributed by atoms with Gasteiger partial charge >= 0.3 is 0 Å². The Morgan fingerprint density at radius 1 is 1.55 bits per heavy atom. The Hall–Kier alpha value is -1.93. The Kier molecular flexibility index (Phi) is 3.19. The van der Waals surface area contributed by atoms with Gasteiger partial charge in [-0.1, -0.05) is 6.08 Å². The van der Waals surface area contributed by atoms with E-state index in [1.165, 1.54) is 12.3 Å². The van der Waals surface area contributed by atoms with Crippen LogP contribution in [0.4, 0.5) is 4.39 Å². The van der Waals surface area contributed by atoms with Crippen LogP contribution in [0, 0.1) is 11.9 Å². The molecule has 1 aromatic rings. The first-order valence-electron chi connectivity index (χ1n) is 5.95. The van der Waals surface area contributed by atoms with Crippen LogP contribution in [-0.4, -0.2) is 20.7 Å². The summed E-state index contributed by atoms with van der Waals surface area (Å²) in [5, 5.41) is 7.14. The van der Waals surface area contributed by atoms with Gasteiger partial charge in [-0.25, -0.2) is 0 Å². The number of carbonyl (C=O) groups is 1. The molecule has 8 heteroatoms. The Morgan fingerprint density at radius 3 is 3.00 bits per heavy atom. The minimum Gasteiger partial charge on any atom is -0.568 e. The van der Waals surface area contributed by atoms with Crippen molar-refractivity contribution in [2.45, 2.75) is 12.3 Å². The molecule has 0 radical (unpaired) electrons. The van der Waals surface area contributed by atoms with E-state index in [-0.39, 0.29) is 23.1 Å². The summed E-state index contributed by atoms with van der Waals surface area (Å²) >= 11 is -1.64. The van der Waals surface area contributed by atoms with Crippen LogP contribution in [0.5, 0.6) is 0 Å². The number of rotatable bonds is 3. The van der Waals surface area contributed by atoms with Gasteiger partial charge < -0.3 is 4.55 Å². The molecule has 1 aliphatic heterocycles. The predicted octanol–water partition coefficient (Wildman–Crippen LogP) is 0.544. The number of carbonyl (C=O) groups excluding carboxylic acids is 1. The van der Waals surface area contributed by atoms with Crippen LogP contribution in [0.3, 0.4) is 0 Å². The van der Waals surface area contributed by atoms with Crippen LogP contribution in [0.1, 0.15) is 23.6 Å². The molecule has 0 spiro atoms. The number of nitrogens with zero attached hydrogens (tertiary/aromatic N) is 2. The van der Waals surface area contributed by atoms with Gasteiger partial charge in [0.15, 0.2) is 11.5 Å². The second-order valence-corrected chi connectivity index (χ2v) is 5.57. The molecule has 0 saturated heterocycles. The van der Waals surface area contributed by atoms with E-state index >= 15 is 0 Å². The lowest BCUT2D eigenvalue weighted by atomic mass is 10.1. The monoisotopic (exact) mass is 294 g/mol. The first-order chi connectivity index (χ1) is 9.60. The zero-order chi connectivity index (χ0) is 14.3. The standard InChI is InChI=1S/C12H11FN4O2S/c1-2-6-3-7(6)8-4-10(15-16-11(8)13)9-5-14-20(19)17-12(9)18/h2,4-7,14H,1,3H2,(H,17,18)/t6-,7-,20?/m0/s1. The molecule has 20 heavy (non-hydrogen) atoms. The maximum atomic E-state index is 13.7. The predicted molar refractivity (Wildman–Crippen MR) is 70.4 cm³/mol. The third-order valence-corrected chi connectivity index (χ3v) is 4.04. The van der Waals surface area contributed by atoms with Gasteiger partial charge in [0.05, 0.1) is 11.8 Å². The summed E-state index contributed by atoms with van der Waals surface area (Å²) in [5.41, 5.74) is 0.854. The van der Waals surface area contributed by atoms with Crippen molar-refractivity contribution >= 4 is 23.0 Å².